The fraction of sp³-hybridized carbons (Fsp3) is 0.455. The summed E-state index contributed by atoms with van der Waals surface area (Å²) in [5.41, 5.74) is -0.846. The number of anilines is 1. The molecular weight excluding hydrogens is 236 g/mol. The van der Waals surface area contributed by atoms with E-state index in [0.29, 0.717) is 18.5 Å². The highest BCUT2D eigenvalue weighted by Gasteiger charge is 2.36. The van der Waals surface area contributed by atoms with Crippen molar-refractivity contribution < 1.29 is 14.7 Å². The standard InChI is InChI=1S/C11H16N4O3/c1-3-11(4-2,9(16)17)15-10(18)14-8-5-12-7-13-6-8/h5-7H,3-4H2,1-2H3,(H,16,17)(H2,14,15,18). The molecule has 1 aromatic rings. The van der Waals surface area contributed by atoms with E-state index in [-0.39, 0.29) is 0 Å². The third-order valence-electron chi connectivity index (χ3n) is 2.79. The number of carboxylic acids is 1. The lowest BCUT2D eigenvalue weighted by molar-refractivity contribution is -0.144. The Morgan fingerprint density at radius 2 is 1.83 bits per heavy atom. The summed E-state index contributed by atoms with van der Waals surface area (Å²) < 4.78 is 0. The zero-order valence-electron chi connectivity index (χ0n) is 10.3. The first-order valence-electron chi connectivity index (χ1n) is 5.61. The maximum Gasteiger partial charge on any atom is 0.329 e. The minimum Gasteiger partial charge on any atom is -0.480 e. The van der Waals surface area contributed by atoms with Gasteiger partial charge in [0.2, 0.25) is 0 Å². The predicted molar refractivity (Wildman–Crippen MR) is 65.1 cm³/mol. The summed E-state index contributed by atoms with van der Waals surface area (Å²) in [7, 11) is 0. The van der Waals surface area contributed by atoms with E-state index in [9.17, 15) is 14.7 Å². The minimum atomic E-state index is -1.25. The lowest BCUT2D eigenvalue weighted by Gasteiger charge is -2.27. The van der Waals surface area contributed by atoms with Gasteiger partial charge in [-0.1, -0.05) is 13.8 Å². The van der Waals surface area contributed by atoms with Gasteiger partial charge in [0, 0.05) is 0 Å². The SMILES string of the molecule is CCC(CC)(NC(=O)Nc1cncnc1)C(=O)O. The summed E-state index contributed by atoms with van der Waals surface area (Å²) in [6.45, 7) is 3.42. The van der Waals surface area contributed by atoms with Crippen molar-refractivity contribution in [3.05, 3.63) is 18.7 Å². The predicted octanol–water partition coefficient (Wildman–Crippen LogP) is 1.24. The molecule has 1 heterocycles. The zero-order valence-corrected chi connectivity index (χ0v) is 10.3. The molecule has 2 amide bonds. The van der Waals surface area contributed by atoms with Crippen LogP contribution < -0.4 is 10.6 Å². The molecule has 0 spiro atoms. The van der Waals surface area contributed by atoms with Crippen molar-refractivity contribution >= 4 is 17.7 Å². The molecule has 0 atom stereocenters. The molecule has 1 aromatic heterocycles. The quantitative estimate of drug-likeness (QED) is 0.731. The first kappa shape index (κ1) is 13.9. The fourth-order valence-corrected chi connectivity index (χ4v) is 1.53. The van der Waals surface area contributed by atoms with Crippen LogP contribution >= 0.6 is 0 Å². The Hall–Kier alpha value is -2.18. The van der Waals surface area contributed by atoms with Crippen LogP contribution in [-0.4, -0.2) is 32.6 Å². The number of hydrogen-bond acceptors (Lipinski definition) is 4. The molecule has 0 saturated carbocycles. The van der Waals surface area contributed by atoms with Crippen molar-refractivity contribution in [3.8, 4) is 0 Å². The largest absolute Gasteiger partial charge is 0.480 e. The van der Waals surface area contributed by atoms with Gasteiger partial charge >= 0.3 is 12.0 Å². The average Bonchev–Trinajstić information content (AvgIpc) is 2.37. The molecule has 0 radical (unpaired) electrons. The Morgan fingerprint density at radius 3 is 2.28 bits per heavy atom. The topological polar surface area (TPSA) is 104 Å². The van der Waals surface area contributed by atoms with Gasteiger partial charge in [0.1, 0.15) is 11.9 Å². The molecule has 98 valence electrons. The van der Waals surface area contributed by atoms with Gasteiger partial charge in [0.05, 0.1) is 18.1 Å². The van der Waals surface area contributed by atoms with Gasteiger partial charge in [0.15, 0.2) is 0 Å². The Bertz CT molecular complexity index is 418. The van der Waals surface area contributed by atoms with E-state index in [1.165, 1.54) is 18.7 Å². The number of nitrogens with zero attached hydrogens (tertiary/aromatic N) is 2. The minimum absolute atomic E-state index is 0.303. The maximum absolute atomic E-state index is 11.7. The van der Waals surface area contributed by atoms with Crippen molar-refractivity contribution in [1.29, 1.82) is 0 Å². The summed E-state index contributed by atoms with van der Waals surface area (Å²) in [5, 5.41) is 14.1. The number of aliphatic carboxylic acids is 1. The molecule has 7 heteroatoms. The van der Waals surface area contributed by atoms with Crippen LogP contribution in [0.4, 0.5) is 10.5 Å². The summed E-state index contributed by atoms with van der Waals surface area (Å²) in [6.07, 6.45) is 4.79. The monoisotopic (exact) mass is 252 g/mol. The molecule has 18 heavy (non-hydrogen) atoms. The maximum atomic E-state index is 11.7. The molecule has 0 aliphatic heterocycles. The van der Waals surface area contributed by atoms with Gasteiger partial charge < -0.3 is 15.7 Å². The van der Waals surface area contributed by atoms with Crippen molar-refractivity contribution in [2.45, 2.75) is 32.2 Å². The summed E-state index contributed by atoms with van der Waals surface area (Å²) in [5.74, 6) is -1.05. The Balaban J connectivity index is 2.71. The second-order valence-corrected chi connectivity index (χ2v) is 3.80. The average molecular weight is 252 g/mol. The van der Waals surface area contributed by atoms with Crippen molar-refractivity contribution in [1.82, 2.24) is 15.3 Å². The van der Waals surface area contributed by atoms with Crippen LogP contribution in [0.25, 0.3) is 0 Å². The Labute approximate surface area is 105 Å². The van der Waals surface area contributed by atoms with Crippen LogP contribution in [0.1, 0.15) is 26.7 Å². The van der Waals surface area contributed by atoms with Gasteiger partial charge in [-0.2, -0.15) is 0 Å². The Morgan fingerprint density at radius 1 is 1.28 bits per heavy atom. The molecule has 0 aliphatic carbocycles. The molecule has 0 bridgehead atoms. The molecule has 0 aromatic carbocycles. The first-order valence-corrected chi connectivity index (χ1v) is 5.61. The van der Waals surface area contributed by atoms with Crippen molar-refractivity contribution in [3.63, 3.8) is 0 Å². The third-order valence-corrected chi connectivity index (χ3v) is 2.79. The summed E-state index contributed by atoms with van der Waals surface area (Å²) in [4.78, 5) is 30.4. The number of nitrogens with one attached hydrogen (secondary N) is 2. The number of amides is 2. The van der Waals surface area contributed by atoms with E-state index in [4.69, 9.17) is 0 Å². The van der Waals surface area contributed by atoms with Crippen LogP contribution in [0.3, 0.4) is 0 Å². The molecule has 3 N–H and O–H groups in total. The number of rotatable bonds is 5. The molecule has 0 fully saturated rings. The van der Waals surface area contributed by atoms with Gasteiger partial charge in [-0.3, -0.25) is 0 Å². The smallest absolute Gasteiger partial charge is 0.329 e. The lowest BCUT2D eigenvalue weighted by Crippen LogP contribution is -2.54. The zero-order chi connectivity index (χ0) is 13.6. The number of carbonyl (C=O) groups excluding carboxylic acids is 1. The van der Waals surface area contributed by atoms with E-state index in [0.717, 1.165) is 0 Å². The third kappa shape index (κ3) is 3.16. The number of urea groups is 1. The molecule has 0 saturated heterocycles. The number of carboxylic acid groups (broad SMARTS) is 1. The lowest BCUT2D eigenvalue weighted by atomic mass is 9.93. The molecular formula is C11H16N4O3. The Kier molecular flexibility index (Phi) is 4.59. The second-order valence-electron chi connectivity index (χ2n) is 3.80. The normalized spacial score (nSPS) is 10.8. The van der Waals surface area contributed by atoms with Gasteiger partial charge in [-0.15, -0.1) is 0 Å². The van der Waals surface area contributed by atoms with Gasteiger partial charge in [-0.25, -0.2) is 19.6 Å². The summed E-state index contributed by atoms with van der Waals surface area (Å²) >= 11 is 0. The van der Waals surface area contributed by atoms with Crippen LogP contribution in [-0.2, 0) is 4.79 Å². The van der Waals surface area contributed by atoms with E-state index in [1.807, 2.05) is 0 Å². The van der Waals surface area contributed by atoms with Crippen LogP contribution in [0, 0.1) is 0 Å². The second kappa shape index (κ2) is 5.95. The van der Waals surface area contributed by atoms with Crippen molar-refractivity contribution in [2.75, 3.05) is 5.32 Å². The first-order chi connectivity index (χ1) is 8.54. The van der Waals surface area contributed by atoms with Crippen LogP contribution in [0.5, 0.6) is 0 Å². The summed E-state index contributed by atoms with van der Waals surface area (Å²) in [6, 6.07) is -0.587. The number of carbonyl (C=O) groups is 2. The fourth-order valence-electron chi connectivity index (χ4n) is 1.53. The van der Waals surface area contributed by atoms with Gasteiger partial charge in [-0.05, 0) is 12.8 Å². The van der Waals surface area contributed by atoms with Crippen LogP contribution in [0.2, 0.25) is 0 Å². The highest BCUT2D eigenvalue weighted by atomic mass is 16.4. The van der Waals surface area contributed by atoms with E-state index >= 15 is 0 Å². The highest BCUT2D eigenvalue weighted by Crippen LogP contribution is 2.15. The molecule has 0 unspecified atom stereocenters. The van der Waals surface area contributed by atoms with E-state index in [2.05, 4.69) is 20.6 Å². The van der Waals surface area contributed by atoms with E-state index < -0.39 is 17.5 Å². The molecule has 7 nitrogen and oxygen atoms in total. The molecule has 1 rings (SSSR count). The highest BCUT2D eigenvalue weighted by molar-refractivity contribution is 5.93. The van der Waals surface area contributed by atoms with Crippen molar-refractivity contribution in [2.24, 2.45) is 0 Å². The van der Waals surface area contributed by atoms with Crippen LogP contribution in [0.15, 0.2) is 18.7 Å². The number of hydrogen-bond donors (Lipinski definition) is 3. The van der Waals surface area contributed by atoms with Gasteiger partial charge in [0.25, 0.3) is 0 Å². The van der Waals surface area contributed by atoms with E-state index in [1.54, 1.807) is 13.8 Å². The number of aromatic nitrogens is 2. The molecule has 0 aliphatic rings.